The first-order chi connectivity index (χ1) is 12.0. The number of benzene rings is 1. The van der Waals surface area contributed by atoms with Crippen LogP contribution in [-0.4, -0.2) is 52.2 Å². The van der Waals surface area contributed by atoms with E-state index in [1.54, 1.807) is 7.11 Å². The summed E-state index contributed by atoms with van der Waals surface area (Å²) < 4.78 is 5.54. The first-order valence-electron chi connectivity index (χ1n) is 9.29. The van der Waals surface area contributed by atoms with Crippen molar-refractivity contribution < 1.29 is 4.74 Å². The molecule has 1 saturated carbocycles. The Labute approximate surface area is 152 Å². The lowest BCUT2D eigenvalue weighted by Crippen LogP contribution is -2.47. The van der Waals surface area contributed by atoms with Gasteiger partial charge in [0.2, 0.25) is 0 Å². The Kier molecular flexibility index (Phi) is 7.12. The minimum Gasteiger partial charge on any atom is -0.496 e. The van der Waals surface area contributed by atoms with Gasteiger partial charge in [0.15, 0.2) is 5.96 Å². The van der Waals surface area contributed by atoms with Crippen molar-refractivity contribution in [1.29, 1.82) is 0 Å². The van der Waals surface area contributed by atoms with Crippen molar-refractivity contribution in [2.75, 3.05) is 41.3 Å². The van der Waals surface area contributed by atoms with E-state index in [2.05, 4.69) is 53.7 Å². The molecule has 1 fully saturated rings. The summed E-state index contributed by atoms with van der Waals surface area (Å²) in [6.07, 6.45) is 5.25. The van der Waals surface area contributed by atoms with Crippen LogP contribution in [0.5, 0.6) is 5.75 Å². The van der Waals surface area contributed by atoms with Crippen molar-refractivity contribution in [3.63, 3.8) is 0 Å². The van der Waals surface area contributed by atoms with E-state index in [0.29, 0.717) is 5.41 Å². The molecule has 0 spiro atoms. The van der Waals surface area contributed by atoms with Crippen LogP contribution in [0.25, 0.3) is 0 Å². The summed E-state index contributed by atoms with van der Waals surface area (Å²) in [6, 6.07) is 8.41. The maximum Gasteiger partial charge on any atom is 0.191 e. The quantitative estimate of drug-likeness (QED) is 0.561. The van der Waals surface area contributed by atoms with Gasteiger partial charge < -0.3 is 20.3 Å². The number of likely N-dealkylation sites (N-methyl/N-ethyl adjacent to an activating group) is 1. The van der Waals surface area contributed by atoms with Gasteiger partial charge in [-0.3, -0.25) is 4.99 Å². The Balaban J connectivity index is 1.97. The minimum atomic E-state index is 0.207. The molecule has 0 heterocycles. The van der Waals surface area contributed by atoms with Gasteiger partial charge >= 0.3 is 0 Å². The number of hydrogen-bond donors (Lipinski definition) is 2. The van der Waals surface area contributed by atoms with Crippen molar-refractivity contribution in [3.8, 4) is 5.75 Å². The second kappa shape index (κ2) is 9.09. The molecule has 25 heavy (non-hydrogen) atoms. The summed E-state index contributed by atoms with van der Waals surface area (Å²) in [7, 11) is 7.75. The van der Waals surface area contributed by atoms with Gasteiger partial charge in [0.25, 0.3) is 0 Å². The summed E-state index contributed by atoms with van der Waals surface area (Å²) >= 11 is 0. The molecule has 5 heteroatoms. The third-order valence-corrected chi connectivity index (χ3v) is 5.60. The van der Waals surface area contributed by atoms with Crippen LogP contribution < -0.4 is 15.4 Å². The number of rotatable bonds is 8. The summed E-state index contributed by atoms with van der Waals surface area (Å²) in [5, 5.41) is 7.01. The SMILES string of the molecule is CCC1(CNC(=NC)NCC(c2ccccc2OC)N(C)C)CCC1. The fraction of sp³-hybridized carbons (Fsp3) is 0.650. The van der Waals surface area contributed by atoms with Gasteiger partial charge in [-0.1, -0.05) is 31.5 Å². The van der Waals surface area contributed by atoms with Crippen LogP contribution in [0, 0.1) is 5.41 Å². The molecule has 0 radical (unpaired) electrons. The number of para-hydroxylation sites is 1. The Bertz CT molecular complexity index is 561. The molecule has 1 aliphatic carbocycles. The van der Waals surface area contributed by atoms with Crippen LogP contribution in [0.2, 0.25) is 0 Å². The van der Waals surface area contributed by atoms with Gasteiger partial charge in [-0.2, -0.15) is 0 Å². The molecule has 2 N–H and O–H groups in total. The van der Waals surface area contributed by atoms with Crippen molar-refractivity contribution >= 4 is 5.96 Å². The lowest BCUT2D eigenvalue weighted by Gasteiger charge is -2.41. The third-order valence-electron chi connectivity index (χ3n) is 5.60. The second-order valence-electron chi connectivity index (χ2n) is 7.24. The first kappa shape index (κ1) is 19.6. The molecule has 5 nitrogen and oxygen atoms in total. The molecule has 1 aromatic carbocycles. The predicted molar refractivity (Wildman–Crippen MR) is 105 cm³/mol. The van der Waals surface area contributed by atoms with Gasteiger partial charge in [0.1, 0.15) is 5.75 Å². The van der Waals surface area contributed by atoms with Crippen LogP contribution in [-0.2, 0) is 0 Å². The highest BCUT2D eigenvalue weighted by atomic mass is 16.5. The highest BCUT2D eigenvalue weighted by Crippen LogP contribution is 2.43. The lowest BCUT2D eigenvalue weighted by atomic mass is 9.67. The summed E-state index contributed by atoms with van der Waals surface area (Å²) in [5.41, 5.74) is 1.66. The molecular weight excluding hydrogens is 312 g/mol. The number of guanidine groups is 1. The fourth-order valence-electron chi connectivity index (χ4n) is 3.53. The summed E-state index contributed by atoms with van der Waals surface area (Å²) in [5.74, 6) is 1.80. The van der Waals surface area contributed by atoms with Crippen molar-refractivity contribution in [1.82, 2.24) is 15.5 Å². The first-order valence-corrected chi connectivity index (χ1v) is 9.29. The number of aliphatic imine (C=N–C) groups is 1. The van der Waals surface area contributed by atoms with E-state index in [1.165, 1.54) is 31.2 Å². The molecular formula is C20H34N4O. The van der Waals surface area contributed by atoms with Crippen molar-refractivity contribution in [2.45, 2.75) is 38.6 Å². The normalized spacial score (nSPS) is 17.8. The molecule has 1 aromatic rings. The molecule has 1 unspecified atom stereocenters. The van der Waals surface area contributed by atoms with E-state index < -0.39 is 0 Å². The maximum absolute atomic E-state index is 5.54. The standard InChI is InChI=1S/C20H34N4O/c1-6-20(12-9-13-20)15-23-19(21-2)22-14-17(24(3)4)16-10-7-8-11-18(16)25-5/h7-8,10-11,17H,6,9,12-15H2,1-5H3,(H2,21,22,23). The molecule has 1 atom stereocenters. The molecule has 0 amide bonds. The monoisotopic (exact) mass is 346 g/mol. The van der Waals surface area contributed by atoms with Crippen LogP contribution in [0.1, 0.15) is 44.2 Å². The molecule has 0 aliphatic heterocycles. The zero-order chi connectivity index (χ0) is 18.3. The number of methoxy groups -OCH3 is 1. The number of ether oxygens (including phenoxy) is 1. The predicted octanol–water partition coefficient (Wildman–Crippen LogP) is 3.04. The van der Waals surface area contributed by atoms with E-state index >= 15 is 0 Å². The Morgan fingerprint density at radius 3 is 2.52 bits per heavy atom. The van der Waals surface area contributed by atoms with Crippen LogP contribution in [0.4, 0.5) is 0 Å². The van der Waals surface area contributed by atoms with Crippen LogP contribution in [0.15, 0.2) is 29.3 Å². The third kappa shape index (κ3) is 4.88. The Morgan fingerprint density at radius 1 is 1.28 bits per heavy atom. The highest BCUT2D eigenvalue weighted by molar-refractivity contribution is 5.79. The molecule has 0 saturated heterocycles. The zero-order valence-corrected chi connectivity index (χ0v) is 16.4. The summed E-state index contributed by atoms with van der Waals surface area (Å²) in [4.78, 5) is 6.60. The average Bonchev–Trinajstić information content (AvgIpc) is 2.59. The molecule has 140 valence electrons. The number of hydrogen-bond acceptors (Lipinski definition) is 3. The van der Waals surface area contributed by atoms with E-state index in [9.17, 15) is 0 Å². The highest BCUT2D eigenvalue weighted by Gasteiger charge is 2.34. The summed E-state index contributed by atoms with van der Waals surface area (Å²) in [6.45, 7) is 4.07. The molecule has 2 rings (SSSR count). The minimum absolute atomic E-state index is 0.207. The van der Waals surface area contributed by atoms with Gasteiger partial charge in [0.05, 0.1) is 13.2 Å². The van der Waals surface area contributed by atoms with Gasteiger partial charge in [-0.25, -0.2) is 0 Å². The van der Waals surface area contributed by atoms with E-state index in [-0.39, 0.29) is 6.04 Å². The fourth-order valence-corrected chi connectivity index (χ4v) is 3.53. The number of nitrogens with zero attached hydrogens (tertiary/aromatic N) is 2. The van der Waals surface area contributed by atoms with Gasteiger partial charge in [-0.05, 0) is 44.8 Å². The Hall–Kier alpha value is -1.75. The largest absolute Gasteiger partial charge is 0.496 e. The molecule has 1 aliphatic rings. The van der Waals surface area contributed by atoms with Gasteiger partial charge in [-0.15, -0.1) is 0 Å². The Morgan fingerprint density at radius 2 is 2.00 bits per heavy atom. The molecule has 0 bridgehead atoms. The number of nitrogens with one attached hydrogen (secondary N) is 2. The van der Waals surface area contributed by atoms with E-state index in [0.717, 1.165) is 24.8 Å². The maximum atomic E-state index is 5.54. The average molecular weight is 347 g/mol. The smallest absolute Gasteiger partial charge is 0.191 e. The topological polar surface area (TPSA) is 48.9 Å². The van der Waals surface area contributed by atoms with Crippen LogP contribution >= 0.6 is 0 Å². The second-order valence-corrected chi connectivity index (χ2v) is 7.24. The van der Waals surface area contributed by atoms with Crippen LogP contribution in [0.3, 0.4) is 0 Å². The molecule has 0 aromatic heterocycles. The van der Waals surface area contributed by atoms with Crippen molar-refractivity contribution in [2.24, 2.45) is 10.4 Å². The van der Waals surface area contributed by atoms with E-state index in [1.807, 2.05) is 19.2 Å². The lowest BCUT2D eigenvalue weighted by molar-refractivity contribution is 0.131. The van der Waals surface area contributed by atoms with Crippen molar-refractivity contribution in [3.05, 3.63) is 29.8 Å². The zero-order valence-electron chi connectivity index (χ0n) is 16.4. The van der Waals surface area contributed by atoms with E-state index in [4.69, 9.17) is 4.74 Å². The van der Waals surface area contributed by atoms with Gasteiger partial charge in [0, 0.05) is 25.7 Å².